The summed E-state index contributed by atoms with van der Waals surface area (Å²) in [6.45, 7) is 0.545. The van der Waals surface area contributed by atoms with Gasteiger partial charge in [-0.05, 0) is 36.0 Å². The summed E-state index contributed by atoms with van der Waals surface area (Å²) in [5.74, 6) is 0.00308. The van der Waals surface area contributed by atoms with Gasteiger partial charge in [0.2, 0.25) is 11.8 Å². The van der Waals surface area contributed by atoms with E-state index in [1.54, 1.807) is 0 Å². The number of amides is 2. The van der Waals surface area contributed by atoms with E-state index in [0.717, 1.165) is 12.0 Å². The van der Waals surface area contributed by atoms with Crippen LogP contribution in [0.25, 0.3) is 0 Å². The minimum absolute atomic E-state index is 0.0632. The first kappa shape index (κ1) is 13.9. The third-order valence-corrected chi connectivity index (χ3v) is 4.09. The van der Waals surface area contributed by atoms with Crippen LogP contribution in [0.2, 0.25) is 0 Å². The molecule has 4 nitrogen and oxygen atoms in total. The smallest absolute Gasteiger partial charge is 0.230 e. The summed E-state index contributed by atoms with van der Waals surface area (Å²) >= 11 is 1.24. The molecule has 1 aliphatic carbocycles. The molecule has 3 N–H and O–H groups in total. The number of nitrogens with one attached hydrogen (secondary N) is 1. The maximum Gasteiger partial charge on any atom is 0.230 e. The predicted molar refractivity (Wildman–Crippen MR) is 76.8 cm³/mol. The standard InChI is InChI=1S/C14H18N2O2S/c15-13(17)8-19-9-14(18)16-7-10-4-5-11-2-1-3-12(11)6-10/h4-6H,1-3,7-9H2,(H2,15,17)(H,16,18). The molecule has 1 aromatic rings. The van der Waals surface area contributed by atoms with E-state index in [2.05, 4.69) is 23.5 Å². The molecule has 0 aliphatic heterocycles. The molecule has 5 heteroatoms. The van der Waals surface area contributed by atoms with Gasteiger partial charge in [-0.15, -0.1) is 11.8 Å². The second-order valence-electron chi connectivity index (χ2n) is 4.69. The minimum atomic E-state index is -0.392. The van der Waals surface area contributed by atoms with Crippen molar-refractivity contribution >= 4 is 23.6 Å². The van der Waals surface area contributed by atoms with Gasteiger partial charge in [0.05, 0.1) is 11.5 Å². The first-order valence-electron chi connectivity index (χ1n) is 6.38. The molecular formula is C14H18N2O2S. The Hall–Kier alpha value is -1.49. The second kappa shape index (κ2) is 6.61. The van der Waals surface area contributed by atoms with Crippen molar-refractivity contribution < 1.29 is 9.59 Å². The summed E-state index contributed by atoms with van der Waals surface area (Å²) in [6.07, 6.45) is 3.55. The van der Waals surface area contributed by atoms with Crippen molar-refractivity contribution in [3.05, 3.63) is 34.9 Å². The largest absolute Gasteiger partial charge is 0.369 e. The molecule has 2 rings (SSSR count). The number of carbonyl (C=O) groups excluding carboxylic acids is 2. The van der Waals surface area contributed by atoms with Gasteiger partial charge < -0.3 is 11.1 Å². The molecule has 0 saturated heterocycles. The summed E-state index contributed by atoms with van der Waals surface area (Å²) in [4.78, 5) is 22.1. The molecule has 0 spiro atoms. The van der Waals surface area contributed by atoms with Crippen LogP contribution in [-0.2, 0) is 29.0 Å². The Morgan fingerprint density at radius 2 is 2.00 bits per heavy atom. The summed E-state index contributed by atoms with van der Waals surface area (Å²) in [6, 6.07) is 6.41. The number of hydrogen-bond donors (Lipinski definition) is 2. The van der Waals surface area contributed by atoms with Gasteiger partial charge in [0.1, 0.15) is 0 Å². The van der Waals surface area contributed by atoms with Gasteiger partial charge in [0.25, 0.3) is 0 Å². The SMILES string of the molecule is NC(=O)CSCC(=O)NCc1ccc2c(c1)CCC2. The van der Waals surface area contributed by atoms with E-state index in [1.807, 2.05) is 0 Å². The lowest BCUT2D eigenvalue weighted by Gasteiger charge is -2.07. The van der Waals surface area contributed by atoms with Gasteiger partial charge in [0.15, 0.2) is 0 Å². The molecule has 102 valence electrons. The molecule has 0 bridgehead atoms. The van der Waals surface area contributed by atoms with Gasteiger partial charge in [-0.3, -0.25) is 9.59 Å². The Balaban J connectivity index is 1.76. The zero-order chi connectivity index (χ0) is 13.7. The monoisotopic (exact) mass is 278 g/mol. The van der Waals surface area contributed by atoms with E-state index in [4.69, 9.17) is 5.73 Å². The fourth-order valence-electron chi connectivity index (χ4n) is 2.23. The van der Waals surface area contributed by atoms with Crippen LogP contribution in [-0.4, -0.2) is 23.3 Å². The van der Waals surface area contributed by atoms with Crippen LogP contribution >= 0.6 is 11.8 Å². The normalized spacial score (nSPS) is 13.1. The highest BCUT2D eigenvalue weighted by molar-refractivity contribution is 8.00. The average Bonchev–Trinajstić information content (AvgIpc) is 2.83. The fraction of sp³-hybridized carbons (Fsp3) is 0.429. The fourth-order valence-corrected chi connectivity index (χ4v) is 2.82. The van der Waals surface area contributed by atoms with Crippen molar-refractivity contribution in [2.75, 3.05) is 11.5 Å². The number of nitrogens with two attached hydrogens (primary N) is 1. The van der Waals surface area contributed by atoms with Crippen LogP contribution in [0.5, 0.6) is 0 Å². The highest BCUT2D eigenvalue weighted by Gasteiger charge is 2.11. The van der Waals surface area contributed by atoms with Crippen molar-refractivity contribution in [3.8, 4) is 0 Å². The third kappa shape index (κ3) is 4.28. The molecule has 19 heavy (non-hydrogen) atoms. The topological polar surface area (TPSA) is 72.2 Å². The van der Waals surface area contributed by atoms with E-state index in [1.165, 1.54) is 35.7 Å². The van der Waals surface area contributed by atoms with Crippen LogP contribution in [0, 0.1) is 0 Å². The van der Waals surface area contributed by atoms with E-state index in [0.29, 0.717) is 6.54 Å². The summed E-state index contributed by atoms with van der Waals surface area (Å²) in [5, 5.41) is 2.85. The Bertz CT molecular complexity index is 488. The summed E-state index contributed by atoms with van der Waals surface area (Å²) in [7, 11) is 0. The number of primary amides is 1. The molecule has 0 fully saturated rings. The quantitative estimate of drug-likeness (QED) is 0.815. The number of aryl methyl sites for hydroxylation is 2. The zero-order valence-corrected chi connectivity index (χ0v) is 11.6. The van der Waals surface area contributed by atoms with Crippen molar-refractivity contribution in [1.82, 2.24) is 5.32 Å². The van der Waals surface area contributed by atoms with Gasteiger partial charge in [0, 0.05) is 6.54 Å². The van der Waals surface area contributed by atoms with Gasteiger partial charge >= 0.3 is 0 Å². The zero-order valence-electron chi connectivity index (χ0n) is 10.8. The van der Waals surface area contributed by atoms with Crippen molar-refractivity contribution in [2.45, 2.75) is 25.8 Å². The van der Waals surface area contributed by atoms with E-state index < -0.39 is 5.91 Å². The highest BCUT2D eigenvalue weighted by Crippen LogP contribution is 2.22. The minimum Gasteiger partial charge on any atom is -0.369 e. The van der Waals surface area contributed by atoms with E-state index in [9.17, 15) is 9.59 Å². The predicted octanol–water partition coefficient (Wildman–Crippen LogP) is 1.01. The molecule has 1 aromatic carbocycles. The van der Waals surface area contributed by atoms with Crippen LogP contribution in [0.15, 0.2) is 18.2 Å². The molecular weight excluding hydrogens is 260 g/mol. The summed E-state index contributed by atoms with van der Waals surface area (Å²) < 4.78 is 0. The van der Waals surface area contributed by atoms with E-state index in [-0.39, 0.29) is 17.4 Å². The molecule has 0 atom stereocenters. The van der Waals surface area contributed by atoms with Crippen LogP contribution in [0.1, 0.15) is 23.1 Å². The number of rotatable bonds is 6. The maximum absolute atomic E-state index is 11.5. The second-order valence-corrected chi connectivity index (χ2v) is 5.68. The van der Waals surface area contributed by atoms with Crippen molar-refractivity contribution in [2.24, 2.45) is 5.73 Å². The lowest BCUT2D eigenvalue weighted by Crippen LogP contribution is -2.25. The van der Waals surface area contributed by atoms with Crippen LogP contribution in [0.3, 0.4) is 0 Å². The number of hydrogen-bond acceptors (Lipinski definition) is 3. The third-order valence-electron chi connectivity index (χ3n) is 3.13. The Morgan fingerprint density at radius 3 is 2.79 bits per heavy atom. The van der Waals surface area contributed by atoms with Crippen LogP contribution in [0.4, 0.5) is 0 Å². The first-order chi connectivity index (χ1) is 9.15. The summed E-state index contributed by atoms with van der Waals surface area (Å²) in [5.41, 5.74) is 8.99. The highest BCUT2D eigenvalue weighted by atomic mass is 32.2. The van der Waals surface area contributed by atoms with Gasteiger partial charge in [-0.2, -0.15) is 0 Å². The number of benzene rings is 1. The lowest BCUT2D eigenvalue weighted by molar-refractivity contribution is -0.118. The van der Waals surface area contributed by atoms with Gasteiger partial charge in [-0.25, -0.2) is 0 Å². The number of thioether (sulfide) groups is 1. The first-order valence-corrected chi connectivity index (χ1v) is 7.54. The number of fused-ring (bicyclic) bond motifs is 1. The molecule has 1 aliphatic rings. The lowest BCUT2D eigenvalue weighted by atomic mass is 10.1. The van der Waals surface area contributed by atoms with Gasteiger partial charge in [-0.1, -0.05) is 18.2 Å². The van der Waals surface area contributed by atoms with E-state index >= 15 is 0 Å². The van der Waals surface area contributed by atoms with Crippen LogP contribution < -0.4 is 11.1 Å². The van der Waals surface area contributed by atoms with Crippen molar-refractivity contribution in [3.63, 3.8) is 0 Å². The van der Waals surface area contributed by atoms with Crippen molar-refractivity contribution in [1.29, 1.82) is 0 Å². The molecule has 0 heterocycles. The molecule has 0 aromatic heterocycles. The molecule has 2 amide bonds. The Labute approximate surface area is 117 Å². The molecule has 0 radical (unpaired) electrons. The maximum atomic E-state index is 11.5. The number of carbonyl (C=O) groups is 2. The average molecular weight is 278 g/mol. The molecule has 0 saturated carbocycles. The Kier molecular flexibility index (Phi) is 4.85. The Morgan fingerprint density at radius 1 is 1.21 bits per heavy atom. The molecule has 0 unspecified atom stereocenters.